The minimum Gasteiger partial charge on any atom is -0.368 e. The van der Waals surface area contributed by atoms with E-state index in [2.05, 4.69) is 29.8 Å². The zero-order chi connectivity index (χ0) is 16.5. The number of rotatable bonds is 2. The predicted octanol–water partition coefficient (Wildman–Crippen LogP) is 6.05. The van der Waals surface area contributed by atoms with E-state index in [1.807, 2.05) is 0 Å². The lowest BCUT2D eigenvalue weighted by molar-refractivity contribution is -0.0695. The van der Waals surface area contributed by atoms with Crippen LogP contribution in [0.4, 0.5) is 0 Å². The van der Waals surface area contributed by atoms with Crippen molar-refractivity contribution in [1.29, 1.82) is 0 Å². The van der Waals surface area contributed by atoms with Crippen LogP contribution in [-0.2, 0) is 4.74 Å². The van der Waals surface area contributed by atoms with Crippen molar-refractivity contribution < 1.29 is 4.74 Å². The van der Waals surface area contributed by atoms with Gasteiger partial charge in [-0.25, -0.2) is 0 Å². The van der Waals surface area contributed by atoms with Crippen molar-refractivity contribution in [3.8, 4) is 0 Å². The van der Waals surface area contributed by atoms with Gasteiger partial charge in [0, 0.05) is 5.33 Å². The van der Waals surface area contributed by atoms with Crippen LogP contribution in [0.5, 0.6) is 0 Å². The molecule has 0 aromatic rings. The van der Waals surface area contributed by atoms with Crippen molar-refractivity contribution in [3.05, 3.63) is 0 Å². The van der Waals surface area contributed by atoms with E-state index in [0.29, 0.717) is 17.6 Å². The van der Waals surface area contributed by atoms with E-state index in [0.717, 1.165) is 46.8 Å². The van der Waals surface area contributed by atoms with E-state index in [9.17, 15) is 0 Å². The highest BCUT2D eigenvalue weighted by atomic mass is 79.9. The average Bonchev–Trinajstić information content (AvgIpc) is 3.27. The molecule has 0 aromatic carbocycles. The van der Waals surface area contributed by atoms with E-state index in [1.54, 1.807) is 25.7 Å². The van der Waals surface area contributed by atoms with Gasteiger partial charge < -0.3 is 4.74 Å². The topological polar surface area (TPSA) is 12.5 Å². The Hall–Kier alpha value is 0.440. The first-order chi connectivity index (χ1) is 11.6. The van der Waals surface area contributed by atoms with Crippen LogP contribution < -0.4 is 0 Å². The Morgan fingerprint density at radius 3 is 2.50 bits per heavy atom. The second-order valence-electron chi connectivity index (χ2n) is 10.4. The molecule has 2 heteroatoms. The van der Waals surface area contributed by atoms with Crippen LogP contribution in [0, 0.1) is 46.8 Å². The molecule has 24 heavy (non-hydrogen) atoms. The fraction of sp³-hybridized carbons (Fsp3) is 1.00. The standard InChI is InChI=1S/C22H35BrO/c1-13-3-5-15-14(11-13)4-6-17-16(15)9-10-22(2)18(17)7-8-19(22)21-20(12-23)24-21/h13-21H,3-12H2,1-2H3. The molecular formula is C22H35BrO. The van der Waals surface area contributed by atoms with Crippen molar-refractivity contribution in [2.24, 2.45) is 46.8 Å². The monoisotopic (exact) mass is 394 g/mol. The molecule has 1 nitrogen and oxygen atoms in total. The highest BCUT2D eigenvalue weighted by Gasteiger charge is 2.61. The fourth-order valence-corrected chi connectivity index (χ4v) is 8.82. The second kappa shape index (κ2) is 5.98. The zero-order valence-corrected chi connectivity index (χ0v) is 17.1. The average molecular weight is 395 g/mol. The molecule has 10 atom stereocenters. The molecule has 5 fully saturated rings. The van der Waals surface area contributed by atoms with Gasteiger partial charge in [-0.05, 0) is 98.2 Å². The Balaban J connectivity index is 1.35. The van der Waals surface area contributed by atoms with Crippen LogP contribution in [0.15, 0.2) is 0 Å². The van der Waals surface area contributed by atoms with Crippen LogP contribution >= 0.6 is 15.9 Å². The summed E-state index contributed by atoms with van der Waals surface area (Å²) < 4.78 is 6.05. The number of epoxide rings is 1. The normalized spacial score (nSPS) is 59.4. The van der Waals surface area contributed by atoms with Crippen LogP contribution in [0.1, 0.15) is 71.6 Å². The number of alkyl halides is 1. The third kappa shape index (κ3) is 2.41. The molecule has 4 aliphatic carbocycles. The molecule has 136 valence electrons. The number of fused-ring (bicyclic) bond motifs is 5. The summed E-state index contributed by atoms with van der Waals surface area (Å²) >= 11 is 3.64. The summed E-state index contributed by atoms with van der Waals surface area (Å²) in [6.45, 7) is 5.16. The maximum Gasteiger partial charge on any atom is 0.0941 e. The van der Waals surface area contributed by atoms with E-state index in [-0.39, 0.29) is 0 Å². The zero-order valence-electron chi connectivity index (χ0n) is 15.6. The quantitative estimate of drug-likeness (QED) is 0.409. The van der Waals surface area contributed by atoms with Gasteiger partial charge in [-0.1, -0.05) is 36.2 Å². The molecule has 5 rings (SSSR count). The van der Waals surface area contributed by atoms with Crippen LogP contribution in [-0.4, -0.2) is 17.5 Å². The number of hydrogen-bond acceptors (Lipinski definition) is 1. The number of hydrogen-bond donors (Lipinski definition) is 0. The molecule has 1 heterocycles. The number of ether oxygens (including phenoxy) is 1. The molecule has 0 amide bonds. The van der Waals surface area contributed by atoms with Crippen LogP contribution in [0.2, 0.25) is 0 Å². The molecule has 1 saturated heterocycles. The van der Waals surface area contributed by atoms with Gasteiger partial charge in [-0.3, -0.25) is 0 Å². The summed E-state index contributed by atoms with van der Waals surface area (Å²) in [5.41, 5.74) is 0.595. The van der Waals surface area contributed by atoms with Gasteiger partial charge in [0.1, 0.15) is 0 Å². The van der Waals surface area contributed by atoms with Crippen molar-refractivity contribution in [3.63, 3.8) is 0 Å². The van der Waals surface area contributed by atoms with Crippen molar-refractivity contribution in [1.82, 2.24) is 0 Å². The summed E-state index contributed by atoms with van der Waals surface area (Å²) in [5, 5.41) is 1.04. The summed E-state index contributed by atoms with van der Waals surface area (Å²) in [5.74, 6) is 7.19. The molecule has 0 spiro atoms. The first kappa shape index (κ1) is 16.6. The Morgan fingerprint density at radius 2 is 1.71 bits per heavy atom. The van der Waals surface area contributed by atoms with Gasteiger partial charge >= 0.3 is 0 Å². The maximum absolute atomic E-state index is 6.05. The van der Waals surface area contributed by atoms with E-state index < -0.39 is 0 Å². The molecule has 5 aliphatic rings. The highest BCUT2D eigenvalue weighted by molar-refractivity contribution is 9.09. The summed E-state index contributed by atoms with van der Waals surface area (Å²) in [7, 11) is 0. The Kier molecular flexibility index (Phi) is 4.13. The first-order valence-electron chi connectivity index (χ1n) is 10.8. The minimum atomic E-state index is 0.527. The molecular weight excluding hydrogens is 360 g/mol. The molecule has 4 saturated carbocycles. The lowest BCUT2D eigenvalue weighted by atomic mass is 9.49. The first-order valence-corrected chi connectivity index (χ1v) is 12.0. The van der Waals surface area contributed by atoms with E-state index >= 15 is 0 Å². The van der Waals surface area contributed by atoms with Gasteiger partial charge in [0.15, 0.2) is 0 Å². The lowest BCUT2D eigenvalue weighted by Crippen LogP contribution is -2.49. The van der Waals surface area contributed by atoms with E-state index in [4.69, 9.17) is 4.74 Å². The Bertz CT molecular complexity index is 492. The highest BCUT2D eigenvalue weighted by Crippen LogP contribution is 2.66. The molecule has 1 aliphatic heterocycles. The van der Waals surface area contributed by atoms with E-state index in [1.165, 1.54) is 32.1 Å². The molecule has 0 radical (unpaired) electrons. The summed E-state index contributed by atoms with van der Waals surface area (Å²) in [6, 6.07) is 0. The maximum atomic E-state index is 6.05. The molecule has 0 N–H and O–H groups in total. The third-order valence-electron chi connectivity index (χ3n) is 9.46. The van der Waals surface area contributed by atoms with Gasteiger partial charge in [0.25, 0.3) is 0 Å². The van der Waals surface area contributed by atoms with Crippen molar-refractivity contribution in [2.45, 2.75) is 83.8 Å². The van der Waals surface area contributed by atoms with Crippen molar-refractivity contribution >= 4 is 15.9 Å². The third-order valence-corrected chi connectivity index (χ3v) is 10.1. The Morgan fingerprint density at radius 1 is 0.917 bits per heavy atom. The predicted molar refractivity (Wildman–Crippen MR) is 102 cm³/mol. The molecule has 0 aromatic heterocycles. The second-order valence-corrected chi connectivity index (χ2v) is 11.0. The molecule has 10 unspecified atom stereocenters. The molecule has 0 bridgehead atoms. The van der Waals surface area contributed by atoms with Gasteiger partial charge in [-0.2, -0.15) is 0 Å². The lowest BCUT2D eigenvalue weighted by Gasteiger charge is -2.56. The smallest absolute Gasteiger partial charge is 0.0941 e. The summed E-state index contributed by atoms with van der Waals surface area (Å²) in [6.07, 6.45) is 14.8. The Labute approximate surface area is 156 Å². The largest absolute Gasteiger partial charge is 0.368 e. The minimum absolute atomic E-state index is 0.527. The van der Waals surface area contributed by atoms with Crippen LogP contribution in [0.25, 0.3) is 0 Å². The van der Waals surface area contributed by atoms with Gasteiger partial charge in [0.2, 0.25) is 0 Å². The number of halogens is 1. The van der Waals surface area contributed by atoms with Gasteiger partial charge in [-0.15, -0.1) is 0 Å². The van der Waals surface area contributed by atoms with Crippen molar-refractivity contribution in [2.75, 3.05) is 5.33 Å². The summed E-state index contributed by atoms with van der Waals surface area (Å²) in [4.78, 5) is 0. The van der Waals surface area contributed by atoms with Crippen LogP contribution in [0.3, 0.4) is 0 Å². The fourth-order valence-electron chi connectivity index (χ4n) is 8.30. The SMILES string of the molecule is CC1CCC2C(CCC3C2CCC2(C)C3CCC2C2OC2CBr)C1. The van der Waals surface area contributed by atoms with Gasteiger partial charge in [0.05, 0.1) is 12.2 Å².